The first-order chi connectivity index (χ1) is 12.1. The number of benzene rings is 2. The molecule has 0 radical (unpaired) electrons. The molecule has 25 heavy (non-hydrogen) atoms. The molecule has 0 fully saturated rings. The van der Waals surface area contributed by atoms with Crippen LogP contribution in [-0.2, 0) is 0 Å². The van der Waals surface area contributed by atoms with Crippen molar-refractivity contribution < 1.29 is 9.50 Å². The Bertz CT molecular complexity index is 1020. The summed E-state index contributed by atoms with van der Waals surface area (Å²) in [6, 6.07) is 15.9. The summed E-state index contributed by atoms with van der Waals surface area (Å²) in [5.41, 5.74) is 10.8. The topological polar surface area (TPSA) is 74.9 Å². The van der Waals surface area contributed by atoms with E-state index in [4.69, 9.17) is 5.73 Å². The van der Waals surface area contributed by atoms with E-state index in [0.29, 0.717) is 5.56 Å². The van der Waals surface area contributed by atoms with E-state index in [1.54, 1.807) is 24.5 Å². The molecule has 0 amide bonds. The number of aromatic nitrogens is 2. The summed E-state index contributed by atoms with van der Waals surface area (Å²) in [4.78, 5) is 7.37. The van der Waals surface area contributed by atoms with E-state index in [2.05, 4.69) is 9.97 Å². The second kappa shape index (κ2) is 6.12. The number of fused-ring (bicyclic) bond motifs is 1. The highest BCUT2D eigenvalue weighted by Gasteiger charge is 2.15. The largest absolute Gasteiger partial charge is 0.374 e. The molecule has 2 heterocycles. The lowest BCUT2D eigenvalue weighted by Gasteiger charge is -2.10. The van der Waals surface area contributed by atoms with Crippen LogP contribution in [0.4, 0.5) is 4.39 Å². The SMILES string of the molecule is NC(O)c1ccc(-c2ccncc2)c2cc(-c3ccc(F)cc3)[nH]c12. The highest BCUT2D eigenvalue weighted by atomic mass is 19.1. The molecule has 1 unspecified atom stereocenters. The zero-order valence-corrected chi connectivity index (χ0v) is 13.3. The van der Waals surface area contributed by atoms with E-state index in [1.807, 2.05) is 30.3 Å². The molecule has 0 spiro atoms. The zero-order chi connectivity index (χ0) is 17.4. The van der Waals surface area contributed by atoms with Gasteiger partial charge < -0.3 is 15.8 Å². The van der Waals surface area contributed by atoms with E-state index in [0.717, 1.165) is 33.3 Å². The van der Waals surface area contributed by atoms with Crippen LogP contribution < -0.4 is 5.73 Å². The predicted octanol–water partition coefficient (Wildman–Crippen LogP) is 3.99. The number of rotatable bonds is 3. The van der Waals surface area contributed by atoms with Crippen LogP contribution in [0.3, 0.4) is 0 Å². The van der Waals surface area contributed by atoms with Gasteiger partial charge in [0.15, 0.2) is 0 Å². The second-order valence-electron chi connectivity index (χ2n) is 5.86. The van der Waals surface area contributed by atoms with Crippen LogP contribution in [0.5, 0.6) is 0 Å². The molecule has 0 aliphatic heterocycles. The predicted molar refractivity (Wildman–Crippen MR) is 96.1 cm³/mol. The molecule has 4 N–H and O–H groups in total. The van der Waals surface area contributed by atoms with Crippen molar-refractivity contribution in [3.05, 3.63) is 78.4 Å². The van der Waals surface area contributed by atoms with Crippen molar-refractivity contribution in [1.29, 1.82) is 0 Å². The van der Waals surface area contributed by atoms with Gasteiger partial charge in [-0.3, -0.25) is 4.98 Å². The summed E-state index contributed by atoms with van der Waals surface area (Å²) in [6.45, 7) is 0. The van der Waals surface area contributed by atoms with Crippen LogP contribution in [0.25, 0.3) is 33.3 Å². The fourth-order valence-corrected chi connectivity index (χ4v) is 3.06. The van der Waals surface area contributed by atoms with Gasteiger partial charge in [-0.1, -0.05) is 12.1 Å². The van der Waals surface area contributed by atoms with Crippen molar-refractivity contribution in [2.45, 2.75) is 6.23 Å². The number of aliphatic hydroxyl groups excluding tert-OH is 1. The van der Waals surface area contributed by atoms with Crippen molar-refractivity contribution in [2.24, 2.45) is 5.73 Å². The second-order valence-corrected chi connectivity index (χ2v) is 5.86. The van der Waals surface area contributed by atoms with Gasteiger partial charge in [0, 0.05) is 29.0 Å². The fourth-order valence-electron chi connectivity index (χ4n) is 3.06. The molecule has 0 bridgehead atoms. The third-order valence-corrected chi connectivity index (χ3v) is 4.29. The number of nitrogens with one attached hydrogen (secondary N) is 1. The van der Waals surface area contributed by atoms with Crippen LogP contribution in [-0.4, -0.2) is 15.1 Å². The van der Waals surface area contributed by atoms with Gasteiger partial charge in [0.2, 0.25) is 0 Å². The van der Waals surface area contributed by atoms with Crippen molar-refractivity contribution in [3.63, 3.8) is 0 Å². The Kier molecular flexibility index (Phi) is 3.80. The normalized spacial score (nSPS) is 12.4. The number of nitrogens with zero attached hydrogens (tertiary/aromatic N) is 1. The third kappa shape index (κ3) is 2.80. The first kappa shape index (κ1) is 15.5. The number of halogens is 1. The van der Waals surface area contributed by atoms with E-state index >= 15 is 0 Å². The van der Waals surface area contributed by atoms with Crippen LogP contribution in [0.15, 0.2) is 67.0 Å². The molecule has 0 saturated carbocycles. The van der Waals surface area contributed by atoms with Gasteiger partial charge in [-0.15, -0.1) is 0 Å². The summed E-state index contributed by atoms with van der Waals surface area (Å²) in [7, 11) is 0. The average Bonchev–Trinajstić information content (AvgIpc) is 3.07. The first-order valence-corrected chi connectivity index (χ1v) is 7.89. The molecule has 4 rings (SSSR count). The van der Waals surface area contributed by atoms with Gasteiger partial charge in [-0.2, -0.15) is 0 Å². The first-order valence-electron chi connectivity index (χ1n) is 7.89. The molecule has 5 heteroatoms. The van der Waals surface area contributed by atoms with Gasteiger partial charge in [0.25, 0.3) is 0 Å². The van der Waals surface area contributed by atoms with Gasteiger partial charge in [0.05, 0.1) is 5.52 Å². The molecule has 4 aromatic rings. The number of hydrogen-bond acceptors (Lipinski definition) is 3. The van der Waals surface area contributed by atoms with Crippen LogP contribution in [0.2, 0.25) is 0 Å². The molecule has 0 aliphatic rings. The summed E-state index contributed by atoms with van der Waals surface area (Å²) in [6.07, 6.45) is 2.38. The fraction of sp³-hybridized carbons (Fsp3) is 0.0500. The Balaban J connectivity index is 1.97. The molecule has 2 aromatic carbocycles. The van der Waals surface area contributed by atoms with E-state index < -0.39 is 6.23 Å². The number of pyridine rings is 1. The van der Waals surface area contributed by atoms with E-state index in [1.165, 1.54) is 12.1 Å². The van der Waals surface area contributed by atoms with Gasteiger partial charge in [0.1, 0.15) is 12.0 Å². The Morgan fingerprint density at radius 1 is 0.960 bits per heavy atom. The van der Waals surface area contributed by atoms with Gasteiger partial charge >= 0.3 is 0 Å². The molecular formula is C20H16FN3O. The lowest BCUT2D eigenvalue weighted by Crippen LogP contribution is -2.09. The third-order valence-electron chi connectivity index (χ3n) is 4.29. The van der Waals surface area contributed by atoms with E-state index in [9.17, 15) is 9.50 Å². The van der Waals surface area contributed by atoms with Crippen molar-refractivity contribution in [3.8, 4) is 22.4 Å². The monoisotopic (exact) mass is 333 g/mol. The number of hydrogen-bond donors (Lipinski definition) is 3. The molecule has 124 valence electrons. The smallest absolute Gasteiger partial charge is 0.130 e. The average molecular weight is 333 g/mol. The van der Waals surface area contributed by atoms with Crippen molar-refractivity contribution in [2.75, 3.05) is 0 Å². The minimum Gasteiger partial charge on any atom is -0.374 e. The Hall–Kier alpha value is -3.02. The lowest BCUT2D eigenvalue weighted by atomic mass is 9.99. The number of aromatic amines is 1. The number of nitrogens with two attached hydrogens (primary N) is 1. The number of H-pyrrole nitrogens is 1. The minimum absolute atomic E-state index is 0.282. The Labute approximate surface area is 143 Å². The molecule has 1 atom stereocenters. The summed E-state index contributed by atoms with van der Waals surface area (Å²) < 4.78 is 13.2. The minimum atomic E-state index is -1.09. The highest BCUT2D eigenvalue weighted by Crippen LogP contribution is 2.35. The molecule has 2 aromatic heterocycles. The molecule has 0 saturated heterocycles. The van der Waals surface area contributed by atoms with Crippen molar-refractivity contribution >= 4 is 10.9 Å². The van der Waals surface area contributed by atoms with Crippen LogP contribution >= 0.6 is 0 Å². The van der Waals surface area contributed by atoms with Gasteiger partial charge in [-0.05, 0) is 59.2 Å². The van der Waals surface area contributed by atoms with Crippen molar-refractivity contribution in [1.82, 2.24) is 9.97 Å². The number of aliphatic hydroxyl groups is 1. The standard InChI is InChI=1S/C20H16FN3O/c21-14-3-1-13(2-4-14)18-11-17-15(12-7-9-23-10-8-12)5-6-16(20(22)25)19(17)24-18/h1-11,20,24-25H,22H2. The molecule has 4 nitrogen and oxygen atoms in total. The highest BCUT2D eigenvalue weighted by molar-refractivity contribution is 5.99. The van der Waals surface area contributed by atoms with Crippen LogP contribution in [0, 0.1) is 5.82 Å². The van der Waals surface area contributed by atoms with Gasteiger partial charge in [-0.25, -0.2) is 4.39 Å². The summed E-state index contributed by atoms with van der Waals surface area (Å²) in [5, 5.41) is 10.8. The maximum Gasteiger partial charge on any atom is 0.130 e. The Morgan fingerprint density at radius 3 is 2.36 bits per heavy atom. The Morgan fingerprint density at radius 2 is 1.68 bits per heavy atom. The molecular weight excluding hydrogens is 317 g/mol. The van der Waals surface area contributed by atoms with Crippen LogP contribution in [0.1, 0.15) is 11.8 Å². The summed E-state index contributed by atoms with van der Waals surface area (Å²) >= 11 is 0. The summed E-state index contributed by atoms with van der Waals surface area (Å²) in [5.74, 6) is -0.282. The lowest BCUT2D eigenvalue weighted by molar-refractivity contribution is 0.187. The molecule has 0 aliphatic carbocycles. The quantitative estimate of drug-likeness (QED) is 0.496. The zero-order valence-electron chi connectivity index (χ0n) is 13.3. The van der Waals surface area contributed by atoms with E-state index in [-0.39, 0.29) is 5.82 Å². The maximum atomic E-state index is 13.2. The maximum absolute atomic E-state index is 13.2.